The summed E-state index contributed by atoms with van der Waals surface area (Å²) >= 11 is 11.8. The van der Waals surface area contributed by atoms with Gasteiger partial charge in [0.05, 0.1) is 5.54 Å². The fourth-order valence-electron chi connectivity index (χ4n) is 3.06. The SMILES string of the molecule is C=C[C@H](CCO)[C@@](C)(NC(=S)NC(=O)c1ccccc1)c1ccccc1Cl. The third-order valence-corrected chi connectivity index (χ3v) is 5.07. The highest BCUT2D eigenvalue weighted by Gasteiger charge is 2.36. The number of carbonyl (C=O) groups excluding carboxylic acids is 1. The van der Waals surface area contributed by atoms with Crippen LogP contribution in [-0.4, -0.2) is 22.7 Å². The Labute approximate surface area is 170 Å². The van der Waals surface area contributed by atoms with Crippen molar-refractivity contribution in [2.45, 2.75) is 18.9 Å². The summed E-state index contributed by atoms with van der Waals surface area (Å²) in [6.07, 6.45) is 2.22. The third kappa shape index (κ3) is 5.16. The summed E-state index contributed by atoms with van der Waals surface area (Å²) in [5.74, 6) is -0.471. The number of aliphatic hydroxyl groups is 1. The fraction of sp³-hybridized carbons (Fsp3) is 0.238. The van der Waals surface area contributed by atoms with Crippen molar-refractivity contribution in [3.05, 3.63) is 83.4 Å². The number of amides is 1. The number of carbonyl (C=O) groups is 1. The van der Waals surface area contributed by atoms with Crippen LogP contribution in [0.3, 0.4) is 0 Å². The van der Waals surface area contributed by atoms with Crippen LogP contribution in [0.1, 0.15) is 29.3 Å². The first-order valence-corrected chi connectivity index (χ1v) is 9.38. The molecule has 3 N–H and O–H groups in total. The lowest BCUT2D eigenvalue weighted by Gasteiger charge is -2.39. The Kier molecular flexibility index (Phi) is 7.54. The Balaban J connectivity index is 2.29. The van der Waals surface area contributed by atoms with E-state index in [0.29, 0.717) is 17.0 Å². The topological polar surface area (TPSA) is 61.4 Å². The van der Waals surface area contributed by atoms with E-state index >= 15 is 0 Å². The van der Waals surface area contributed by atoms with E-state index < -0.39 is 5.54 Å². The van der Waals surface area contributed by atoms with Crippen LogP contribution >= 0.6 is 23.8 Å². The normalized spacial score (nSPS) is 13.9. The Hall–Kier alpha value is -2.21. The number of hydrogen-bond donors (Lipinski definition) is 3. The first kappa shape index (κ1) is 21.1. The molecule has 0 spiro atoms. The molecule has 2 atom stereocenters. The molecule has 0 aliphatic rings. The predicted octanol–water partition coefficient (Wildman–Crippen LogP) is 4.04. The quantitative estimate of drug-likeness (QED) is 0.483. The molecular weight excluding hydrogens is 380 g/mol. The highest BCUT2D eigenvalue weighted by Crippen LogP contribution is 2.36. The molecule has 0 heterocycles. The molecule has 0 bridgehead atoms. The van der Waals surface area contributed by atoms with Crippen molar-refractivity contribution in [1.29, 1.82) is 0 Å². The van der Waals surface area contributed by atoms with Crippen LogP contribution in [0.5, 0.6) is 0 Å². The lowest BCUT2D eigenvalue weighted by atomic mass is 9.78. The average molecular weight is 403 g/mol. The Bertz CT molecular complexity index is 813. The molecule has 0 saturated carbocycles. The van der Waals surface area contributed by atoms with Crippen LogP contribution in [0.2, 0.25) is 5.02 Å². The van der Waals surface area contributed by atoms with E-state index in [9.17, 15) is 9.90 Å². The van der Waals surface area contributed by atoms with Gasteiger partial charge in [-0.25, -0.2) is 0 Å². The second-order valence-corrected chi connectivity index (χ2v) is 7.13. The second-order valence-electron chi connectivity index (χ2n) is 6.31. The molecular formula is C21H23ClN2O2S. The van der Waals surface area contributed by atoms with Gasteiger partial charge in [0.2, 0.25) is 0 Å². The van der Waals surface area contributed by atoms with Crippen LogP contribution in [-0.2, 0) is 5.54 Å². The zero-order chi connectivity index (χ0) is 19.9. The van der Waals surface area contributed by atoms with E-state index in [1.165, 1.54) is 0 Å². The van der Waals surface area contributed by atoms with Gasteiger partial charge in [-0.2, -0.15) is 0 Å². The highest BCUT2D eigenvalue weighted by molar-refractivity contribution is 7.80. The summed E-state index contributed by atoms with van der Waals surface area (Å²) in [4.78, 5) is 12.4. The minimum Gasteiger partial charge on any atom is -0.396 e. The molecule has 2 aromatic carbocycles. The Morgan fingerprint density at radius 3 is 2.48 bits per heavy atom. The number of benzene rings is 2. The maximum absolute atomic E-state index is 12.4. The van der Waals surface area contributed by atoms with Gasteiger partial charge in [-0.3, -0.25) is 10.1 Å². The van der Waals surface area contributed by atoms with Gasteiger partial charge in [0, 0.05) is 23.1 Å². The molecule has 142 valence electrons. The maximum Gasteiger partial charge on any atom is 0.257 e. The first-order chi connectivity index (χ1) is 12.9. The predicted molar refractivity (Wildman–Crippen MR) is 114 cm³/mol. The third-order valence-electron chi connectivity index (χ3n) is 4.54. The highest BCUT2D eigenvalue weighted by atomic mass is 35.5. The standard InChI is InChI=1S/C21H23ClN2O2S/c1-3-16(13-14-25)21(2,17-11-7-8-12-18(17)22)24-20(27)23-19(26)15-9-5-4-6-10-15/h3-12,16,25H,1,13-14H2,2H3,(H2,23,24,26,27)/t16-,21-/m1/s1. The van der Waals surface area contributed by atoms with E-state index in [4.69, 9.17) is 23.8 Å². The van der Waals surface area contributed by atoms with Crippen molar-refractivity contribution in [3.63, 3.8) is 0 Å². The zero-order valence-electron chi connectivity index (χ0n) is 15.1. The Morgan fingerprint density at radius 1 is 1.26 bits per heavy atom. The molecule has 0 aromatic heterocycles. The lowest BCUT2D eigenvalue weighted by Crippen LogP contribution is -2.53. The molecule has 0 aliphatic carbocycles. The van der Waals surface area contributed by atoms with E-state index in [1.807, 2.05) is 31.2 Å². The van der Waals surface area contributed by atoms with Gasteiger partial charge >= 0.3 is 0 Å². The summed E-state index contributed by atoms with van der Waals surface area (Å²) in [7, 11) is 0. The van der Waals surface area contributed by atoms with Gasteiger partial charge in [-0.1, -0.05) is 54.1 Å². The summed E-state index contributed by atoms with van der Waals surface area (Å²) in [5, 5.41) is 16.1. The summed E-state index contributed by atoms with van der Waals surface area (Å²) in [5.41, 5.74) is 0.558. The van der Waals surface area contributed by atoms with Crippen molar-refractivity contribution in [2.24, 2.45) is 5.92 Å². The summed E-state index contributed by atoms with van der Waals surface area (Å²) in [6, 6.07) is 16.2. The zero-order valence-corrected chi connectivity index (χ0v) is 16.7. The van der Waals surface area contributed by atoms with Crippen molar-refractivity contribution in [3.8, 4) is 0 Å². The molecule has 27 heavy (non-hydrogen) atoms. The van der Waals surface area contributed by atoms with Gasteiger partial charge in [0.25, 0.3) is 5.91 Å². The number of aliphatic hydroxyl groups excluding tert-OH is 1. The van der Waals surface area contributed by atoms with Crippen LogP contribution in [0.15, 0.2) is 67.3 Å². The molecule has 2 rings (SSSR count). The molecule has 4 nitrogen and oxygen atoms in total. The van der Waals surface area contributed by atoms with Gasteiger partial charge in [0.15, 0.2) is 5.11 Å². The van der Waals surface area contributed by atoms with E-state index in [2.05, 4.69) is 17.2 Å². The molecule has 0 unspecified atom stereocenters. The van der Waals surface area contributed by atoms with Crippen molar-refractivity contribution >= 4 is 34.8 Å². The molecule has 1 amide bonds. The minimum atomic E-state index is -0.760. The van der Waals surface area contributed by atoms with Gasteiger partial charge in [-0.15, -0.1) is 6.58 Å². The first-order valence-electron chi connectivity index (χ1n) is 8.59. The number of rotatable bonds is 7. The molecule has 6 heteroatoms. The molecule has 0 saturated heterocycles. The molecule has 2 aromatic rings. The van der Waals surface area contributed by atoms with Crippen molar-refractivity contribution < 1.29 is 9.90 Å². The van der Waals surface area contributed by atoms with Crippen molar-refractivity contribution in [1.82, 2.24) is 10.6 Å². The van der Waals surface area contributed by atoms with E-state index in [-0.39, 0.29) is 23.5 Å². The maximum atomic E-state index is 12.4. The van der Waals surface area contributed by atoms with Gasteiger partial charge < -0.3 is 10.4 Å². The molecule has 0 aliphatic heterocycles. The summed E-state index contributed by atoms with van der Waals surface area (Å²) < 4.78 is 0. The largest absolute Gasteiger partial charge is 0.396 e. The second kappa shape index (κ2) is 9.65. The van der Waals surface area contributed by atoms with E-state index in [1.54, 1.807) is 36.4 Å². The van der Waals surface area contributed by atoms with Gasteiger partial charge in [-0.05, 0) is 49.3 Å². The number of thiocarbonyl (C=S) groups is 1. The lowest BCUT2D eigenvalue weighted by molar-refractivity contribution is 0.0975. The van der Waals surface area contributed by atoms with Crippen LogP contribution in [0, 0.1) is 5.92 Å². The van der Waals surface area contributed by atoms with Gasteiger partial charge in [0.1, 0.15) is 0 Å². The molecule has 0 radical (unpaired) electrons. The van der Waals surface area contributed by atoms with Crippen molar-refractivity contribution in [2.75, 3.05) is 6.61 Å². The minimum absolute atomic E-state index is 0.0124. The smallest absolute Gasteiger partial charge is 0.257 e. The number of nitrogens with one attached hydrogen (secondary N) is 2. The van der Waals surface area contributed by atoms with Crippen LogP contribution in [0.4, 0.5) is 0 Å². The van der Waals surface area contributed by atoms with E-state index in [0.717, 1.165) is 5.56 Å². The molecule has 0 fully saturated rings. The summed E-state index contributed by atoms with van der Waals surface area (Å²) in [6.45, 7) is 5.81. The monoisotopic (exact) mass is 402 g/mol. The van der Waals surface area contributed by atoms with Crippen LogP contribution < -0.4 is 10.6 Å². The fourth-order valence-corrected chi connectivity index (χ4v) is 3.69. The Morgan fingerprint density at radius 2 is 1.89 bits per heavy atom. The average Bonchev–Trinajstić information content (AvgIpc) is 2.66. The number of halogens is 1. The number of hydrogen-bond acceptors (Lipinski definition) is 3. The van der Waals surface area contributed by atoms with Crippen LogP contribution in [0.25, 0.3) is 0 Å².